The van der Waals surface area contributed by atoms with Crippen molar-refractivity contribution in [1.82, 2.24) is 14.8 Å². The summed E-state index contributed by atoms with van der Waals surface area (Å²) in [6, 6.07) is 4.38. The molecule has 0 aliphatic carbocycles. The van der Waals surface area contributed by atoms with Gasteiger partial charge in [-0.3, -0.25) is 4.79 Å². The third-order valence-corrected chi connectivity index (χ3v) is 4.59. The second kappa shape index (κ2) is 5.81. The summed E-state index contributed by atoms with van der Waals surface area (Å²) in [6.07, 6.45) is 4.22. The van der Waals surface area contributed by atoms with Crippen molar-refractivity contribution in [2.24, 2.45) is 0 Å². The van der Waals surface area contributed by atoms with Gasteiger partial charge in [-0.05, 0) is 51.9 Å². The van der Waals surface area contributed by atoms with Crippen LogP contribution in [-0.4, -0.2) is 53.8 Å². The van der Waals surface area contributed by atoms with Crippen LogP contribution in [0, 0.1) is 0 Å². The lowest BCUT2D eigenvalue weighted by Crippen LogP contribution is -2.55. The maximum atomic E-state index is 13.0. The summed E-state index contributed by atoms with van der Waals surface area (Å²) in [5.41, 5.74) is 0.579. The van der Waals surface area contributed by atoms with Crippen LogP contribution in [0.5, 0.6) is 0 Å². The number of nitrogens with one attached hydrogen (secondary N) is 1. The molecule has 116 valence electrons. The van der Waals surface area contributed by atoms with Gasteiger partial charge in [0, 0.05) is 18.8 Å². The van der Waals surface area contributed by atoms with Crippen molar-refractivity contribution in [3.8, 4) is 0 Å². The highest BCUT2D eigenvalue weighted by Gasteiger charge is 2.36. The largest absolute Gasteiger partial charge is 0.377 e. The van der Waals surface area contributed by atoms with Gasteiger partial charge < -0.3 is 19.5 Å². The van der Waals surface area contributed by atoms with Crippen LogP contribution in [0.4, 0.5) is 0 Å². The van der Waals surface area contributed by atoms with E-state index in [1.807, 2.05) is 17.0 Å². The van der Waals surface area contributed by atoms with Gasteiger partial charge in [0.15, 0.2) is 0 Å². The Morgan fingerprint density at radius 2 is 2.14 bits per heavy atom. The first kappa shape index (κ1) is 14.6. The number of carbonyl (C=O) groups is 1. The van der Waals surface area contributed by atoms with Gasteiger partial charge in [-0.1, -0.05) is 0 Å². The summed E-state index contributed by atoms with van der Waals surface area (Å²) in [6.45, 7) is 8.10. The molecule has 0 atom stereocenters. The zero-order valence-corrected chi connectivity index (χ0v) is 13.0. The Labute approximate surface area is 126 Å². The average Bonchev–Trinajstić information content (AvgIpc) is 2.96. The number of rotatable bonds is 2. The van der Waals surface area contributed by atoms with Crippen molar-refractivity contribution < 1.29 is 9.53 Å². The molecule has 0 bridgehead atoms. The first-order chi connectivity index (χ1) is 10.1. The van der Waals surface area contributed by atoms with Gasteiger partial charge in [0.2, 0.25) is 0 Å². The Kier molecular flexibility index (Phi) is 4.04. The van der Waals surface area contributed by atoms with Crippen LogP contribution < -0.4 is 5.32 Å². The Morgan fingerprint density at radius 1 is 1.38 bits per heavy atom. The molecule has 1 amide bonds. The van der Waals surface area contributed by atoms with Gasteiger partial charge in [0.25, 0.3) is 5.91 Å². The van der Waals surface area contributed by atoms with Crippen LogP contribution in [0.2, 0.25) is 0 Å². The van der Waals surface area contributed by atoms with Crippen molar-refractivity contribution >= 4 is 5.91 Å². The summed E-state index contributed by atoms with van der Waals surface area (Å²) < 4.78 is 7.70. The van der Waals surface area contributed by atoms with Crippen molar-refractivity contribution in [2.75, 3.05) is 32.8 Å². The highest BCUT2D eigenvalue weighted by atomic mass is 16.5. The number of aromatic nitrogens is 1. The fourth-order valence-corrected chi connectivity index (χ4v) is 3.35. The van der Waals surface area contributed by atoms with Crippen LogP contribution in [-0.2, 0) is 4.74 Å². The molecule has 1 aromatic heterocycles. The molecule has 21 heavy (non-hydrogen) atoms. The molecule has 1 N–H and O–H groups in total. The van der Waals surface area contributed by atoms with Gasteiger partial charge in [0.1, 0.15) is 5.69 Å². The predicted molar refractivity (Wildman–Crippen MR) is 81.5 cm³/mol. The summed E-state index contributed by atoms with van der Waals surface area (Å²) in [5, 5.41) is 3.38. The molecule has 0 saturated carbocycles. The zero-order valence-electron chi connectivity index (χ0n) is 13.0. The molecule has 5 nitrogen and oxygen atoms in total. The molecule has 2 aliphatic heterocycles. The number of ether oxygens (including phenoxy) is 1. The second-order valence-corrected chi connectivity index (χ2v) is 6.60. The highest BCUT2D eigenvalue weighted by Crippen LogP contribution is 2.25. The summed E-state index contributed by atoms with van der Waals surface area (Å²) in [4.78, 5) is 14.9. The maximum absolute atomic E-state index is 13.0. The molecule has 5 heteroatoms. The number of nitrogens with zero attached hydrogens (tertiary/aromatic N) is 2. The van der Waals surface area contributed by atoms with Gasteiger partial charge in [-0.15, -0.1) is 0 Å². The minimum atomic E-state index is -0.238. The van der Waals surface area contributed by atoms with Gasteiger partial charge in [-0.25, -0.2) is 0 Å². The molecular formula is C16H25N3O2. The van der Waals surface area contributed by atoms with Gasteiger partial charge in [0.05, 0.1) is 18.8 Å². The second-order valence-electron chi connectivity index (χ2n) is 6.60. The normalized spacial score (nSPS) is 23.2. The topological polar surface area (TPSA) is 46.5 Å². The third-order valence-electron chi connectivity index (χ3n) is 4.59. The summed E-state index contributed by atoms with van der Waals surface area (Å²) in [7, 11) is 0. The SMILES string of the molecule is CC1(C)COCCN1C(=O)c1cccn1C1CCNCC1. The number of hydrogen-bond acceptors (Lipinski definition) is 3. The van der Waals surface area contributed by atoms with Crippen molar-refractivity contribution in [3.05, 3.63) is 24.0 Å². The molecule has 3 rings (SSSR count). The van der Waals surface area contributed by atoms with Gasteiger partial charge in [-0.2, -0.15) is 0 Å². The van der Waals surface area contributed by atoms with E-state index in [-0.39, 0.29) is 11.4 Å². The van der Waals surface area contributed by atoms with Crippen LogP contribution in [0.15, 0.2) is 18.3 Å². The van der Waals surface area contributed by atoms with E-state index in [9.17, 15) is 4.79 Å². The summed E-state index contributed by atoms with van der Waals surface area (Å²) in [5.74, 6) is 0.131. The molecule has 0 spiro atoms. The van der Waals surface area contributed by atoms with E-state index in [1.54, 1.807) is 0 Å². The minimum absolute atomic E-state index is 0.131. The number of hydrogen-bond donors (Lipinski definition) is 1. The molecule has 2 aliphatic rings. The zero-order chi connectivity index (χ0) is 14.9. The molecule has 2 saturated heterocycles. The monoisotopic (exact) mass is 291 g/mol. The van der Waals surface area contributed by atoms with Crippen LogP contribution in [0.3, 0.4) is 0 Å². The standard InChI is InChI=1S/C16H25N3O2/c1-16(2)12-21-11-10-19(16)15(20)14-4-3-9-18(14)13-5-7-17-8-6-13/h3-4,9,13,17H,5-8,10-12H2,1-2H3. The number of morpholine rings is 1. The number of amides is 1. The van der Waals surface area contributed by atoms with E-state index in [0.29, 0.717) is 25.8 Å². The van der Waals surface area contributed by atoms with Crippen LogP contribution in [0.1, 0.15) is 43.2 Å². The molecule has 0 unspecified atom stereocenters. The lowest BCUT2D eigenvalue weighted by Gasteiger charge is -2.42. The average molecular weight is 291 g/mol. The van der Waals surface area contributed by atoms with Crippen LogP contribution >= 0.6 is 0 Å². The molecule has 0 radical (unpaired) electrons. The number of carbonyl (C=O) groups excluding carboxylic acids is 1. The molecule has 2 fully saturated rings. The Balaban J connectivity index is 1.83. The van der Waals surface area contributed by atoms with E-state index in [4.69, 9.17) is 4.74 Å². The van der Waals surface area contributed by atoms with Crippen molar-refractivity contribution in [3.63, 3.8) is 0 Å². The van der Waals surface area contributed by atoms with Crippen LogP contribution in [0.25, 0.3) is 0 Å². The smallest absolute Gasteiger partial charge is 0.271 e. The van der Waals surface area contributed by atoms with E-state index in [0.717, 1.165) is 31.6 Å². The molecule has 3 heterocycles. The highest BCUT2D eigenvalue weighted by molar-refractivity contribution is 5.93. The number of piperidine rings is 1. The Hall–Kier alpha value is -1.33. The minimum Gasteiger partial charge on any atom is -0.377 e. The van der Waals surface area contributed by atoms with E-state index in [2.05, 4.69) is 29.9 Å². The van der Waals surface area contributed by atoms with Crippen molar-refractivity contribution in [1.29, 1.82) is 0 Å². The molecule has 1 aromatic rings. The first-order valence-corrected chi connectivity index (χ1v) is 7.87. The summed E-state index contributed by atoms with van der Waals surface area (Å²) >= 11 is 0. The van der Waals surface area contributed by atoms with E-state index in [1.165, 1.54) is 0 Å². The maximum Gasteiger partial charge on any atom is 0.271 e. The Bertz CT molecular complexity index is 503. The lowest BCUT2D eigenvalue weighted by molar-refractivity contribution is -0.0376. The van der Waals surface area contributed by atoms with E-state index < -0.39 is 0 Å². The Morgan fingerprint density at radius 3 is 2.86 bits per heavy atom. The molecule has 0 aromatic carbocycles. The molecular weight excluding hydrogens is 266 g/mol. The van der Waals surface area contributed by atoms with E-state index >= 15 is 0 Å². The first-order valence-electron chi connectivity index (χ1n) is 7.87. The fourth-order valence-electron chi connectivity index (χ4n) is 3.35. The third kappa shape index (κ3) is 2.85. The lowest BCUT2D eigenvalue weighted by atomic mass is 10.0. The quantitative estimate of drug-likeness (QED) is 0.901. The van der Waals surface area contributed by atoms with Gasteiger partial charge >= 0.3 is 0 Å². The fraction of sp³-hybridized carbons (Fsp3) is 0.688. The predicted octanol–water partition coefficient (Wildman–Crippen LogP) is 1.66. The van der Waals surface area contributed by atoms with Crippen molar-refractivity contribution in [2.45, 2.75) is 38.3 Å².